The van der Waals surface area contributed by atoms with Crippen LogP contribution in [0.5, 0.6) is 0 Å². The molecule has 0 spiro atoms. The lowest BCUT2D eigenvalue weighted by atomic mass is 9.95. The van der Waals surface area contributed by atoms with Gasteiger partial charge in [-0.15, -0.1) is 0 Å². The second-order valence-corrected chi connectivity index (χ2v) is 9.23. The number of fused-ring (bicyclic) bond motifs is 3. The lowest BCUT2D eigenvalue weighted by Crippen LogP contribution is -1.88. The van der Waals surface area contributed by atoms with Crippen molar-refractivity contribution in [1.29, 1.82) is 0 Å². The fourth-order valence-electron chi connectivity index (χ4n) is 3.78. The van der Waals surface area contributed by atoms with E-state index < -0.39 is 0 Å². The van der Waals surface area contributed by atoms with Crippen LogP contribution in [0.2, 0.25) is 0 Å². The largest absolute Gasteiger partial charge is 0.0622 e. The average Bonchev–Trinajstić information content (AvgIpc) is 2.74. The van der Waals surface area contributed by atoms with Crippen molar-refractivity contribution in [3.05, 3.63) is 104 Å². The zero-order valence-electron chi connectivity index (χ0n) is 15.0. The SMILES string of the molecule is Ic1cc2ccc3cc(I)c(-c4ccccc4)cc3c2cc1-c1ccccc1. The average molecular weight is 582 g/mol. The number of rotatable bonds is 2. The van der Waals surface area contributed by atoms with Crippen molar-refractivity contribution in [3.8, 4) is 22.3 Å². The maximum atomic E-state index is 2.46. The molecule has 5 rings (SSSR count). The van der Waals surface area contributed by atoms with E-state index >= 15 is 0 Å². The van der Waals surface area contributed by atoms with Crippen LogP contribution in [-0.2, 0) is 0 Å². The fourth-order valence-corrected chi connectivity index (χ4v) is 5.38. The van der Waals surface area contributed by atoms with E-state index in [0.29, 0.717) is 0 Å². The summed E-state index contributed by atoms with van der Waals surface area (Å²) in [5.74, 6) is 0. The van der Waals surface area contributed by atoms with E-state index in [1.807, 2.05) is 0 Å². The van der Waals surface area contributed by atoms with Gasteiger partial charge < -0.3 is 0 Å². The minimum absolute atomic E-state index is 1.26. The summed E-state index contributed by atoms with van der Waals surface area (Å²) >= 11 is 4.91. The quantitative estimate of drug-likeness (QED) is 0.145. The third-order valence-electron chi connectivity index (χ3n) is 5.18. The summed E-state index contributed by atoms with van der Waals surface area (Å²) in [6, 6.07) is 35.1. The molecule has 0 radical (unpaired) electrons. The third-order valence-corrected chi connectivity index (χ3v) is 6.97. The molecule has 0 amide bonds. The highest BCUT2D eigenvalue weighted by molar-refractivity contribution is 14.1. The second kappa shape index (κ2) is 7.48. The molecule has 0 unspecified atom stereocenters. The standard InChI is InChI=1S/C26H16I2/c27-25-13-19-11-12-20-14-26(28)24(18-9-5-2-6-10-18)16-22(20)21(19)15-23(25)17-7-3-1-4-8-17/h1-16H. The molecule has 2 heteroatoms. The summed E-state index contributed by atoms with van der Waals surface area (Å²) in [4.78, 5) is 0. The van der Waals surface area contributed by atoms with Crippen LogP contribution in [0.3, 0.4) is 0 Å². The van der Waals surface area contributed by atoms with E-state index in [9.17, 15) is 0 Å². The predicted octanol–water partition coefficient (Wildman–Crippen LogP) is 8.54. The smallest absolute Gasteiger partial charge is 0.0215 e. The summed E-state index contributed by atoms with van der Waals surface area (Å²) in [6.45, 7) is 0. The van der Waals surface area contributed by atoms with Crippen molar-refractivity contribution < 1.29 is 0 Å². The van der Waals surface area contributed by atoms with Crippen LogP contribution in [0, 0.1) is 7.14 Å². The number of halogens is 2. The van der Waals surface area contributed by atoms with Gasteiger partial charge in [-0.25, -0.2) is 0 Å². The number of hydrogen-bond acceptors (Lipinski definition) is 0. The lowest BCUT2D eigenvalue weighted by Gasteiger charge is -2.13. The Morgan fingerprint density at radius 2 is 0.821 bits per heavy atom. The van der Waals surface area contributed by atoms with Crippen LogP contribution < -0.4 is 0 Å². The zero-order valence-corrected chi connectivity index (χ0v) is 19.3. The molecule has 0 heterocycles. The van der Waals surface area contributed by atoms with E-state index in [0.717, 1.165) is 0 Å². The van der Waals surface area contributed by atoms with E-state index in [4.69, 9.17) is 0 Å². The normalized spacial score (nSPS) is 11.2. The van der Waals surface area contributed by atoms with Crippen molar-refractivity contribution in [1.82, 2.24) is 0 Å². The van der Waals surface area contributed by atoms with Gasteiger partial charge in [0.1, 0.15) is 0 Å². The predicted molar refractivity (Wildman–Crippen MR) is 138 cm³/mol. The van der Waals surface area contributed by atoms with Crippen molar-refractivity contribution in [3.63, 3.8) is 0 Å². The zero-order chi connectivity index (χ0) is 19.1. The minimum Gasteiger partial charge on any atom is -0.0622 e. The Kier molecular flexibility index (Phi) is 4.85. The molecular formula is C26H16I2. The molecule has 0 saturated carbocycles. The Hall–Kier alpha value is -1.92. The maximum Gasteiger partial charge on any atom is 0.0215 e. The highest BCUT2D eigenvalue weighted by Gasteiger charge is 2.11. The van der Waals surface area contributed by atoms with Gasteiger partial charge in [-0.1, -0.05) is 72.8 Å². The molecule has 0 nitrogen and oxygen atoms in total. The van der Waals surface area contributed by atoms with Gasteiger partial charge in [0.2, 0.25) is 0 Å². The van der Waals surface area contributed by atoms with Crippen molar-refractivity contribution in [2.45, 2.75) is 0 Å². The first-order valence-corrected chi connectivity index (χ1v) is 11.3. The molecule has 0 aliphatic carbocycles. The first-order valence-electron chi connectivity index (χ1n) is 9.17. The Labute approximate surface area is 191 Å². The molecule has 5 aromatic rings. The first-order chi connectivity index (χ1) is 13.7. The molecule has 0 aliphatic heterocycles. The second-order valence-electron chi connectivity index (χ2n) is 6.90. The Morgan fingerprint density at radius 1 is 0.429 bits per heavy atom. The van der Waals surface area contributed by atoms with Crippen LogP contribution in [0.25, 0.3) is 43.8 Å². The fraction of sp³-hybridized carbons (Fsp3) is 0. The van der Waals surface area contributed by atoms with E-state index in [-0.39, 0.29) is 0 Å². The monoisotopic (exact) mass is 582 g/mol. The summed E-state index contributed by atoms with van der Waals surface area (Å²) in [5.41, 5.74) is 5.11. The summed E-state index contributed by atoms with van der Waals surface area (Å²) in [7, 11) is 0. The highest BCUT2D eigenvalue weighted by atomic mass is 127. The molecule has 0 saturated heterocycles. The van der Waals surface area contributed by atoms with E-state index in [1.165, 1.54) is 50.9 Å². The topological polar surface area (TPSA) is 0 Å². The van der Waals surface area contributed by atoms with Gasteiger partial charge in [-0.05, 0) is 113 Å². The first kappa shape index (κ1) is 18.1. The third kappa shape index (κ3) is 3.22. The number of benzene rings is 5. The minimum atomic E-state index is 1.26. The van der Waals surface area contributed by atoms with Crippen LogP contribution in [0.4, 0.5) is 0 Å². The van der Waals surface area contributed by atoms with Gasteiger partial charge in [-0.3, -0.25) is 0 Å². The Bertz CT molecular complexity index is 1200. The van der Waals surface area contributed by atoms with Crippen LogP contribution in [0.15, 0.2) is 97.1 Å². The molecule has 5 aromatic carbocycles. The van der Waals surface area contributed by atoms with Gasteiger partial charge in [0.15, 0.2) is 0 Å². The molecule has 0 atom stereocenters. The van der Waals surface area contributed by atoms with Gasteiger partial charge in [0.25, 0.3) is 0 Å². The molecule has 134 valence electrons. The van der Waals surface area contributed by atoms with Crippen molar-refractivity contribution in [2.24, 2.45) is 0 Å². The van der Waals surface area contributed by atoms with Crippen molar-refractivity contribution in [2.75, 3.05) is 0 Å². The van der Waals surface area contributed by atoms with Crippen molar-refractivity contribution >= 4 is 66.7 Å². The molecule has 0 bridgehead atoms. The molecule has 0 fully saturated rings. The summed E-state index contributed by atoms with van der Waals surface area (Å²) < 4.78 is 2.56. The van der Waals surface area contributed by atoms with Crippen LogP contribution in [-0.4, -0.2) is 0 Å². The van der Waals surface area contributed by atoms with Gasteiger partial charge in [0, 0.05) is 7.14 Å². The Morgan fingerprint density at radius 3 is 1.21 bits per heavy atom. The molecule has 0 N–H and O–H groups in total. The number of hydrogen-bond donors (Lipinski definition) is 0. The van der Waals surface area contributed by atoms with Crippen LogP contribution in [0.1, 0.15) is 0 Å². The summed E-state index contributed by atoms with van der Waals surface area (Å²) in [6.07, 6.45) is 0. The molecular weight excluding hydrogens is 566 g/mol. The molecule has 0 aliphatic rings. The van der Waals surface area contributed by atoms with Crippen LogP contribution >= 0.6 is 45.2 Å². The summed E-state index contributed by atoms with van der Waals surface area (Å²) in [5, 5.41) is 5.20. The molecule has 0 aromatic heterocycles. The van der Waals surface area contributed by atoms with Gasteiger partial charge >= 0.3 is 0 Å². The lowest BCUT2D eigenvalue weighted by molar-refractivity contribution is 1.60. The Balaban J connectivity index is 1.83. The highest BCUT2D eigenvalue weighted by Crippen LogP contribution is 2.37. The maximum absolute atomic E-state index is 2.46. The molecule has 28 heavy (non-hydrogen) atoms. The van der Waals surface area contributed by atoms with E-state index in [1.54, 1.807) is 0 Å². The van der Waals surface area contributed by atoms with E-state index in [2.05, 4.69) is 142 Å². The van der Waals surface area contributed by atoms with Gasteiger partial charge in [-0.2, -0.15) is 0 Å². The van der Waals surface area contributed by atoms with Gasteiger partial charge in [0.05, 0.1) is 0 Å².